The number of aromatic amines is 1. The van der Waals surface area contributed by atoms with E-state index in [1.165, 1.54) is 12.1 Å². The predicted octanol–water partition coefficient (Wildman–Crippen LogP) is 3.34. The van der Waals surface area contributed by atoms with E-state index in [-0.39, 0.29) is 24.1 Å². The Bertz CT molecular complexity index is 1120. The Labute approximate surface area is 179 Å². The van der Waals surface area contributed by atoms with Gasteiger partial charge in [0.2, 0.25) is 5.91 Å². The SMILES string of the molecule is O=C(c1ccc2cc[nH]c2c1)N1CCC(=O)N(Cc2ccc(F)cc2)C2(CCOC2)C1. The molecule has 6 nitrogen and oxygen atoms in total. The Balaban J connectivity index is 1.43. The fourth-order valence-electron chi connectivity index (χ4n) is 4.65. The summed E-state index contributed by atoms with van der Waals surface area (Å²) in [5.41, 5.74) is 1.80. The molecule has 1 unspecified atom stereocenters. The van der Waals surface area contributed by atoms with Crippen LogP contribution in [0, 0.1) is 5.82 Å². The molecule has 7 heteroatoms. The number of fused-ring (bicyclic) bond motifs is 1. The van der Waals surface area contributed by atoms with Crippen molar-refractivity contribution in [3.8, 4) is 0 Å². The highest BCUT2D eigenvalue weighted by Crippen LogP contribution is 2.33. The third kappa shape index (κ3) is 3.70. The van der Waals surface area contributed by atoms with Gasteiger partial charge >= 0.3 is 0 Å². The van der Waals surface area contributed by atoms with Crippen molar-refractivity contribution in [2.45, 2.75) is 24.9 Å². The van der Waals surface area contributed by atoms with E-state index in [9.17, 15) is 14.0 Å². The van der Waals surface area contributed by atoms with Crippen molar-refractivity contribution in [2.24, 2.45) is 0 Å². The Kier molecular flexibility index (Phi) is 4.98. The van der Waals surface area contributed by atoms with Crippen molar-refractivity contribution in [1.29, 1.82) is 0 Å². The second kappa shape index (κ2) is 7.81. The number of aromatic nitrogens is 1. The molecule has 5 rings (SSSR count). The van der Waals surface area contributed by atoms with Crippen LogP contribution in [0.5, 0.6) is 0 Å². The summed E-state index contributed by atoms with van der Waals surface area (Å²) >= 11 is 0. The maximum atomic E-state index is 13.4. The van der Waals surface area contributed by atoms with Crippen LogP contribution in [-0.2, 0) is 16.1 Å². The van der Waals surface area contributed by atoms with Gasteiger partial charge < -0.3 is 19.5 Å². The van der Waals surface area contributed by atoms with Crippen molar-refractivity contribution < 1.29 is 18.7 Å². The van der Waals surface area contributed by atoms with Gasteiger partial charge in [-0.3, -0.25) is 9.59 Å². The van der Waals surface area contributed by atoms with Gasteiger partial charge in [-0.25, -0.2) is 4.39 Å². The molecule has 2 aliphatic rings. The molecule has 0 saturated carbocycles. The lowest BCUT2D eigenvalue weighted by atomic mass is 9.94. The number of hydrogen-bond acceptors (Lipinski definition) is 3. The third-order valence-electron chi connectivity index (χ3n) is 6.38. The summed E-state index contributed by atoms with van der Waals surface area (Å²) in [6.45, 7) is 2.09. The summed E-state index contributed by atoms with van der Waals surface area (Å²) in [5.74, 6) is -0.398. The first kappa shape index (κ1) is 19.8. The maximum absolute atomic E-state index is 13.4. The van der Waals surface area contributed by atoms with Gasteiger partial charge in [-0.05, 0) is 47.7 Å². The van der Waals surface area contributed by atoms with E-state index in [1.807, 2.05) is 35.4 Å². The van der Waals surface area contributed by atoms with Gasteiger partial charge in [0.15, 0.2) is 0 Å². The van der Waals surface area contributed by atoms with E-state index >= 15 is 0 Å². The number of nitrogens with zero attached hydrogens (tertiary/aromatic N) is 2. The molecule has 2 amide bonds. The molecule has 2 fully saturated rings. The summed E-state index contributed by atoms with van der Waals surface area (Å²) in [5, 5.41) is 1.05. The number of benzene rings is 2. The smallest absolute Gasteiger partial charge is 0.254 e. The van der Waals surface area contributed by atoms with Crippen molar-refractivity contribution in [3.05, 3.63) is 71.7 Å². The van der Waals surface area contributed by atoms with Gasteiger partial charge in [-0.15, -0.1) is 0 Å². The van der Waals surface area contributed by atoms with Crippen LogP contribution in [-0.4, -0.2) is 58.4 Å². The van der Waals surface area contributed by atoms with Crippen LogP contribution < -0.4 is 0 Å². The lowest BCUT2D eigenvalue weighted by Gasteiger charge is -2.40. The van der Waals surface area contributed by atoms with Crippen LogP contribution in [0.3, 0.4) is 0 Å². The fraction of sp³-hybridized carbons (Fsp3) is 0.333. The lowest BCUT2D eigenvalue weighted by molar-refractivity contribution is -0.137. The van der Waals surface area contributed by atoms with Crippen LogP contribution in [0.25, 0.3) is 10.9 Å². The van der Waals surface area contributed by atoms with E-state index in [4.69, 9.17) is 4.74 Å². The zero-order valence-electron chi connectivity index (χ0n) is 17.1. The molecule has 1 N–H and O–H groups in total. The summed E-state index contributed by atoms with van der Waals surface area (Å²) in [4.78, 5) is 33.3. The highest BCUT2D eigenvalue weighted by atomic mass is 19.1. The second-order valence-electron chi connectivity index (χ2n) is 8.39. The van der Waals surface area contributed by atoms with Gasteiger partial charge in [-0.1, -0.05) is 18.2 Å². The van der Waals surface area contributed by atoms with Gasteiger partial charge in [-0.2, -0.15) is 0 Å². The molecule has 0 radical (unpaired) electrons. The van der Waals surface area contributed by atoms with Crippen molar-refractivity contribution in [2.75, 3.05) is 26.3 Å². The number of hydrogen-bond donors (Lipinski definition) is 1. The minimum Gasteiger partial charge on any atom is -0.379 e. The Morgan fingerprint density at radius 2 is 2.00 bits per heavy atom. The first-order valence-corrected chi connectivity index (χ1v) is 10.5. The van der Waals surface area contributed by atoms with Crippen LogP contribution in [0.4, 0.5) is 4.39 Å². The standard InChI is InChI=1S/C24H24FN3O3/c25-20-5-1-17(2-6-20)14-28-22(29)8-11-27(15-24(28)9-12-31-16-24)23(30)19-4-3-18-7-10-26-21(18)13-19/h1-7,10,13,26H,8-9,11-12,14-16H2. The summed E-state index contributed by atoms with van der Waals surface area (Å²) in [6.07, 6.45) is 2.76. The first-order valence-electron chi connectivity index (χ1n) is 10.5. The first-order chi connectivity index (χ1) is 15.0. The summed E-state index contributed by atoms with van der Waals surface area (Å²) in [6, 6.07) is 13.8. The number of rotatable bonds is 3. The molecule has 1 atom stereocenters. The molecular weight excluding hydrogens is 397 g/mol. The predicted molar refractivity (Wildman–Crippen MR) is 114 cm³/mol. The monoisotopic (exact) mass is 421 g/mol. The van der Waals surface area contributed by atoms with Gasteiger partial charge in [0.05, 0.1) is 12.1 Å². The van der Waals surface area contributed by atoms with Crippen molar-refractivity contribution in [1.82, 2.24) is 14.8 Å². The largest absolute Gasteiger partial charge is 0.379 e. The van der Waals surface area contributed by atoms with Gasteiger partial charge in [0.1, 0.15) is 5.82 Å². The average Bonchev–Trinajstić information content (AvgIpc) is 3.42. The molecule has 2 aliphatic heterocycles. The number of halogens is 1. The highest BCUT2D eigenvalue weighted by molar-refractivity contribution is 5.98. The molecule has 2 saturated heterocycles. The Morgan fingerprint density at radius 3 is 2.77 bits per heavy atom. The van der Waals surface area contributed by atoms with Crippen LogP contribution in [0.1, 0.15) is 28.8 Å². The van der Waals surface area contributed by atoms with E-state index in [0.717, 1.165) is 16.5 Å². The number of carbonyl (C=O) groups excluding carboxylic acids is 2. The minimum atomic E-state index is -0.575. The highest BCUT2D eigenvalue weighted by Gasteiger charge is 2.47. The molecule has 1 aromatic heterocycles. The molecule has 1 spiro atoms. The minimum absolute atomic E-state index is 0.00931. The van der Waals surface area contributed by atoms with E-state index in [0.29, 0.717) is 44.8 Å². The van der Waals surface area contributed by atoms with Crippen molar-refractivity contribution in [3.63, 3.8) is 0 Å². The molecule has 31 heavy (non-hydrogen) atoms. The molecule has 160 valence electrons. The summed E-state index contributed by atoms with van der Waals surface area (Å²) < 4.78 is 19.0. The average molecular weight is 421 g/mol. The molecule has 2 aromatic carbocycles. The zero-order valence-corrected chi connectivity index (χ0v) is 17.1. The van der Waals surface area contributed by atoms with E-state index < -0.39 is 5.54 Å². The molecule has 0 bridgehead atoms. The van der Waals surface area contributed by atoms with Gasteiger partial charge in [0.25, 0.3) is 5.91 Å². The number of amides is 2. The molecule has 3 aromatic rings. The molecular formula is C24H24FN3O3. The van der Waals surface area contributed by atoms with E-state index in [1.54, 1.807) is 17.0 Å². The molecule has 3 heterocycles. The van der Waals surface area contributed by atoms with Gasteiger partial charge in [0, 0.05) is 49.9 Å². The molecule has 0 aliphatic carbocycles. The third-order valence-corrected chi connectivity index (χ3v) is 6.38. The van der Waals surface area contributed by atoms with Crippen LogP contribution in [0.2, 0.25) is 0 Å². The number of H-pyrrole nitrogens is 1. The summed E-state index contributed by atoms with van der Waals surface area (Å²) in [7, 11) is 0. The normalized spacial score (nSPS) is 21.8. The zero-order chi connectivity index (χ0) is 21.4. The van der Waals surface area contributed by atoms with Crippen LogP contribution >= 0.6 is 0 Å². The maximum Gasteiger partial charge on any atom is 0.254 e. The topological polar surface area (TPSA) is 65.6 Å². The lowest BCUT2D eigenvalue weighted by Crippen LogP contribution is -2.56. The fourth-order valence-corrected chi connectivity index (χ4v) is 4.65. The second-order valence-corrected chi connectivity index (χ2v) is 8.39. The number of nitrogens with one attached hydrogen (secondary N) is 1. The number of ether oxygens (including phenoxy) is 1. The quantitative estimate of drug-likeness (QED) is 0.706. The van der Waals surface area contributed by atoms with Crippen molar-refractivity contribution >= 4 is 22.7 Å². The number of carbonyl (C=O) groups is 2. The van der Waals surface area contributed by atoms with Crippen LogP contribution in [0.15, 0.2) is 54.7 Å². The Morgan fingerprint density at radius 1 is 1.16 bits per heavy atom. The van der Waals surface area contributed by atoms with E-state index in [2.05, 4.69) is 4.98 Å². The Hall–Kier alpha value is -3.19.